The molecule has 0 amide bonds. The molecule has 0 fully saturated rings. The molecule has 0 bridgehead atoms. The zero-order valence-electron chi connectivity index (χ0n) is 11.7. The molecule has 112 valence electrons. The number of hydrogen-bond donors (Lipinski definition) is 1. The molecular formula is C16H17BrCl2N2. The van der Waals surface area contributed by atoms with Gasteiger partial charge in [0.2, 0.25) is 0 Å². The third-order valence-electron chi connectivity index (χ3n) is 3.45. The summed E-state index contributed by atoms with van der Waals surface area (Å²) in [6.07, 6.45) is 0. The van der Waals surface area contributed by atoms with E-state index in [1.54, 1.807) is 0 Å². The van der Waals surface area contributed by atoms with Crippen molar-refractivity contribution in [3.05, 3.63) is 68.1 Å². The number of halogens is 3. The van der Waals surface area contributed by atoms with E-state index in [1.807, 2.05) is 49.5 Å². The second-order valence-corrected chi connectivity index (χ2v) is 6.62. The number of rotatable bonds is 5. The van der Waals surface area contributed by atoms with Crippen LogP contribution in [-0.4, -0.2) is 18.5 Å². The lowest BCUT2D eigenvalue weighted by atomic mass is 10.0. The minimum absolute atomic E-state index is 0.0907. The molecular weight excluding hydrogens is 371 g/mol. The van der Waals surface area contributed by atoms with Gasteiger partial charge in [-0.3, -0.25) is 4.90 Å². The number of hydrogen-bond acceptors (Lipinski definition) is 2. The summed E-state index contributed by atoms with van der Waals surface area (Å²) in [6.45, 7) is 1.25. The van der Waals surface area contributed by atoms with Crippen LogP contribution in [0.15, 0.2) is 46.9 Å². The molecule has 0 saturated carbocycles. The third kappa shape index (κ3) is 4.21. The van der Waals surface area contributed by atoms with Gasteiger partial charge in [-0.05, 0) is 36.4 Å². The van der Waals surface area contributed by atoms with Gasteiger partial charge in [0.25, 0.3) is 0 Å². The molecule has 0 aliphatic carbocycles. The summed E-state index contributed by atoms with van der Waals surface area (Å²) < 4.78 is 0.969. The predicted octanol–water partition coefficient (Wildman–Crippen LogP) is 4.89. The standard InChI is InChI=1S/C16H17BrCl2N2/c1-21(10-11-4-2-3-5-15(11)19)16(9-20)13-7-6-12(18)8-14(13)17/h2-8,16H,9-10,20H2,1H3. The van der Waals surface area contributed by atoms with Crippen molar-refractivity contribution in [1.82, 2.24) is 4.90 Å². The molecule has 0 aromatic heterocycles. The highest BCUT2D eigenvalue weighted by Gasteiger charge is 2.19. The van der Waals surface area contributed by atoms with Crippen LogP contribution in [0.5, 0.6) is 0 Å². The normalized spacial score (nSPS) is 12.7. The van der Waals surface area contributed by atoms with Crippen LogP contribution in [0.25, 0.3) is 0 Å². The van der Waals surface area contributed by atoms with Gasteiger partial charge in [0.05, 0.1) is 0 Å². The maximum absolute atomic E-state index is 6.23. The van der Waals surface area contributed by atoms with Crippen molar-refractivity contribution in [2.24, 2.45) is 5.73 Å². The van der Waals surface area contributed by atoms with E-state index in [-0.39, 0.29) is 6.04 Å². The molecule has 0 radical (unpaired) electrons. The molecule has 5 heteroatoms. The summed E-state index contributed by atoms with van der Waals surface area (Å²) in [4.78, 5) is 2.19. The highest BCUT2D eigenvalue weighted by molar-refractivity contribution is 9.10. The highest BCUT2D eigenvalue weighted by atomic mass is 79.9. The van der Waals surface area contributed by atoms with E-state index in [9.17, 15) is 0 Å². The zero-order valence-corrected chi connectivity index (χ0v) is 14.8. The van der Waals surface area contributed by atoms with Gasteiger partial charge in [0.1, 0.15) is 0 Å². The minimum atomic E-state index is 0.0907. The highest BCUT2D eigenvalue weighted by Crippen LogP contribution is 2.30. The van der Waals surface area contributed by atoms with Gasteiger partial charge in [0.15, 0.2) is 0 Å². The van der Waals surface area contributed by atoms with E-state index in [0.29, 0.717) is 11.6 Å². The second-order valence-electron chi connectivity index (χ2n) is 4.92. The maximum Gasteiger partial charge on any atom is 0.0482 e. The topological polar surface area (TPSA) is 29.3 Å². The number of nitrogens with zero attached hydrogens (tertiary/aromatic N) is 1. The SMILES string of the molecule is CN(Cc1ccccc1Cl)C(CN)c1ccc(Cl)cc1Br. The summed E-state index contributed by atoms with van der Waals surface area (Å²) in [5.74, 6) is 0. The maximum atomic E-state index is 6.23. The van der Waals surface area contributed by atoms with Crippen molar-refractivity contribution in [3.63, 3.8) is 0 Å². The van der Waals surface area contributed by atoms with E-state index in [2.05, 4.69) is 20.8 Å². The molecule has 0 aliphatic heterocycles. The molecule has 0 spiro atoms. The van der Waals surface area contributed by atoms with Crippen molar-refractivity contribution in [2.45, 2.75) is 12.6 Å². The smallest absolute Gasteiger partial charge is 0.0482 e. The van der Waals surface area contributed by atoms with Crippen LogP contribution in [0, 0.1) is 0 Å². The summed E-state index contributed by atoms with van der Waals surface area (Å²) in [7, 11) is 2.04. The van der Waals surface area contributed by atoms with Crippen molar-refractivity contribution >= 4 is 39.1 Å². The predicted molar refractivity (Wildman–Crippen MR) is 93.9 cm³/mol. The molecule has 21 heavy (non-hydrogen) atoms. The van der Waals surface area contributed by atoms with Crippen LogP contribution in [0.3, 0.4) is 0 Å². The summed E-state index contributed by atoms with van der Waals surface area (Å²) in [6, 6.07) is 13.7. The molecule has 1 atom stereocenters. The van der Waals surface area contributed by atoms with Crippen LogP contribution in [-0.2, 0) is 6.54 Å². The molecule has 0 saturated heterocycles. The van der Waals surface area contributed by atoms with Crippen molar-refractivity contribution in [3.8, 4) is 0 Å². The van der Waals surface area contributed by atoms with Crippen LogP contribution in [0.1, 0.15) is 17.2 Å². The molecule has 2 N–H and O–H groups in total. The Bertz CT molecular complexity index is 619. The molecule has 2 aromatic carbocycles. The van der Waals surface area contributed by atoms with E-state index in [0.717, 1.165) is 27.2 Å². The second kappa shape index (κ2) is 7.61. The van der Waals surface area contributed by atoms with Crippen LogP contribution < -0.4 is 5.73 Å². The Balaban J connectivity index is 2.22. The van der Waals surface area contributed by atoms with Crippen molar-refractivity contribution in [2.75, 3.05) is 13.6 Å². The fourth-order valence-electron chi connectivity index (χ4n) is 2.32. The van der Waals surface area contributed by atoms with Crippen molar-refractivity contribution in [1.29, 1.82) is 0 Å². The van der Waals surface area contributed by atoms with E-state index in [4.69, 9.17) is 28.9 Å². The fourth-order valence-corrected chi connectivity index (χ4v) is 3.46. The third-order valence-corrected chi connectivity index (χ3v) is 4.74. The largest absolute Gasteiger partial charge is 0.329 e. The first-order valence-electron chi connectivity index (χ1n) is 6.61. The van der Waals surface area contributed by atoms with E-state index in [1.165, 1.54) is 0 Å². The van der Waals surface area contributed by atoms with Gasteiger partial charge in [0, 0.05) is 33.6 Å². The number of benzene rings is 2. The molecule has 2 aromatic rings. The quantitative estimate of drug-likeness (QED) is 0.791. The summed E-state index contributed by atoms with van der Waals surface area (Å²) in [5.41, 5.74) is 8.19. The van der Waals surface area contributed by atoms with E-state index < -0.39 is 0 Å². The average Bonchev–Trinajstić information content (AvgIpc) is 2.44. The first-order valence-corrected chi connectivity index (χ1v) is 8.16. The lowest BCUT2D eigenvalue weighted by Gasteiger charge is -2.28. The summed E-state index contributed by atoms with van der Waals surface area (Å²) >= 11 is 15.8. The number of nitrogens with two attached hydrogens (primary N) is 1. The monoisotopic (exact) mass is 386 g/mol. The van der Waals surface area contributed by atoms with Gasteiger partial charge in [-0.2, -0.15) is 0 Å². The molecule has 1 unspecified atom stereocenters. The van der Waals surface area contributed by atoms with Crippen LogP contribution in [0.4, 0.5) is 0 Å². The lowest BCUT2D eigenvalue weighted by molar-refractivity contribution is 0.241. The Kier molecular flexibility index (Phi) is 6.08. The van der Waals surface area contributed by atoms with Gasteiger partial charge < -0.3 is 5.73 Å². The Morgan fingerprint density at radius 1 is 1.19 bits per heavy atom. The Morgan fingerprint density at radius 3 is 2.52 bits per heavy atom. The summed E-state index contributed by atoms with van der Waals surface area (Å²) in [5, 5.41) is 1.48. The molecule has 0 heterocycles. The first-order chi connectivity index (χ1) is 10.0. The van der Waals surface area contributed by atoms with Gasteiger partial charge in [-0.25, -0.2) is 0 Å². The average molecular weight is 388 g/mol. The fraction of sp³-hybridized carbons (Fsp3) is 0.250. The van der Waals surface area contributed by atoms with Crippen LogP contribution in [0.2, 0.25) is 10.0 Å². The molecule has 2 rings (SSSR count). The molecule has 0 aliphatic rings. The zero-order chi connectivity index (χ0) is 15.4. The Hall–Kier alpha value is -0.580. The Morgan fingerprint density at radius 2 is 1.90 bits per heavy atom. The first kappa shape index (κ1) is 16.8. The van der Waals surface area contributed by atoms with Crippen LogP contribution >= 0.6 is 39.1 Å². The van der Waals surface area contributed by atoms with E-state index >= 15 is 0 Å². The lowest BCUT2D eigenvalue weighted by Crippen LogP contribution is -2.30. The molecule has 2 nitrogen and oxygen atoms in total. The van der Waals surface area contributed by atoms with Gasteiger partial charge in [-0.15, -0.1) is 0 Å². The number of likely N-dealkylation sites (N-methyl/N-ethyl adjacent to an activating group) is 1. The Labute approximate surface area is 144 Å². The van der Waals surface area contributed by atoms with Gasteiger partial charge >= 0.3 is 0 Å². The van der Waals surface area contributed by atoms with Gasteiger partial charge in [-0.1, -0.05) is 63.4 Å². The minimum Gasteiger partial charge on any atom is -0.329 e. The van der Waals surface area contributed by atoms with Crippen molar-refractivity contribution < 1.29 is 0 Å².